The van der Waals surface area contributed by atoms with Gasteiger partial charge >= 0.3 is 11.8 Å². The molecule has 1 aromatic carbocycles. The lowest BCUT2D eigenvalue weighted by Gasteiger charge is -2.21. The van der Waals surface area contributed by atoms with E-state index in [1.54, 1.807) is 0 Å². The summed E-state index contributed by atoms with van der Waals surface area (Å²) in [6, 6.07) is 8.07. The summed E-state index contributed by atoms with van der Waals surface area (Å²) >= 11 is 0. The van der Waals surface area contributed by atoms with E-state index >= 15 is 0 Å². The Morgan fingerprint density at radius 1 is 1.00 bits per heavy atom. The summed E-state index contributed by atoms with van der Waals surface area (Å²) in [4.78, 5) is 27.0. The largest absolute Gasteiger partial charge is 0.361 e. The van der Waals surface area contributed by atoms with E-state index in [9.17, 15) is 9.59 Å². The highest BCUT2D eigenvalue weighted by Gasteiger charge is 2.16. The molecular weight excluding hydrogens is 314 g/mol. The van der Waals surface area contributed by atoms with Crippen LogP contribution in [0.3, 0.4) is 0 Å². The molecule has 1 heterocycles. The monoisotopic (exact) mass is 341 g/mol. The van der Waals surface area contributed by atoms with E-state index in [-0.39, 0.29) is 0 Å². The summed E-state index contributed by atoms with van der Waals surface area (Å²) in [5.41, 5.74) is 2.23. The predicted molar refractivity (Wildman–Crippen MR) is 99.2 cm³/mol. The number of fused-ring (bicyclic) bond motifs is 1. The van der Waals surface area contributed by atoms with Crippen molar-refractivity contribution in [3.63, 3.8) is 0 Å². The van der Waals surface area contributed by atoms with E-state index < -0.39 is 11.8 Å². The number of hydrogen-bond acceptors (Lipinski definition) is 2. The molecule has 1 aromatic heterocycles. The Morgan fingerprint density at radius 3 is 2.52 bits per heavy atom. The van der Waals surface area contributed by atoms with Crippen molar-refractivity contribution in [2.24, 2.45) is 5.92 Å². The Kier molecular flexibility index (Phi) is 6.09. The van der Waals surface area contributed by atoms with Crippen molar-refractivity contribution >= 4 is 22.7 Å². The molecule has 0 bridgehead atoms. The number of benzene rings is 1. The van der Waals surface area contributed by atoms with Crippen molar-refractivity contribution in [3.05, 3.63) is 36.0 Å². The van der Waals surface area contributed by atoms with Crippen LogP contribution in [0, 0.1) is 5.92 Å². The second kappa shape index (κ2) is 8.70. The highest BCUT2D eigenvalue weighted by atomic mass is 16.2. The summed E-state index contributed by atoms with van der Waals surface area (Å²) in [6.07, 6.45) is 10.1. The SMILES string of the molecule is O=C(NCCc1c[nH]c2ccccc12)C(=O)NCCC1CCCCC1. The van der Waals surface area contributed by atoms with Gasteiger partial charge in [-0.3, -0.25) is 9.59 Å². The van der Waals surface area contributed by atoms with E-state index in [4.69, 9.17) is 0 Å². The van der Waals surface area contributed by atoms with Gasteiger partial charge in [0.15, 0.2) is 0 Å². The molecule has 3 N–H and O–H groups in total. The maximum absolute atomic E-state index is 11.9. The average molecular weight is 341 g/mol. The summed E-state index contributed by atoms with van der Waals surface area (Å²) in [5.74, 6) is -0.350. The van der Waals surface area contributed by atoms with Gasteiger partial charge in [-0.25, -0.2) is 0 Å². The molecule has 0 aliphatic heterocycles. The minimum absolute atomic E-state index is 0.455. The van der Waals surface area contributed by atoms with E-state index in [1.807, 2.05) is 24.4 Å². The number of hydrogen-bond donors (Lipinski definition) is 3. The molecule has 3 rings (SSSR count). The van der Waals surface area contributed by atoms with Crippen molar-refractivity contribution in [2.75, 3.05) is 13.1 Å². The first kappa shape index (κ1) is 17.5. The van der Waals surface area contributed by atoms with E-state index in [2.05, 4.69) is 21.7 Å². The number of rotatable bonds is 6. The maximum Gasteiger partial charge on any atom is 0.309 e. The van der Waals surface area contributed by atoms with Crippen LogP contribution in [-0.4, -0.2) is 29.9 Å². The molecule has 2 amide bonds. The summed E-state index contributed by atoms with van der Waals surface area (Å²) in [5, 5.41) is 6.62. The zero-order chi connectivity index (χ0) is 17.5. The van der Waals surface area contributed by atoms with Gasteiger partial charge in [-0.1, -0.05) is 50.3 Å². The molecule has 0 atom stereocenters. The molecule has 2 aromatic rings. The van der Waals surface area contributed by atoms with Crippen LogP contribution in [-0.2, 0) is 16.0 Å². The molecule has 25 heavy (non-hydrogen) atoms. The van der Waals surface area contributed by atoms with Crippen LogP contribution in [0.1, 0.15) is 44.1 Å². The molecule has 0 saturated heterocycles. The predicted octanol–water partition coefficient (Wildman–Crippen LogP) is 2.91. The number of carbonyl (C=O) groups excluding carboxylic acids is 2. The van der Waals surface area contributed by atoms with Gasteiger partial charge in [0.1, 0.15) is 0 Å². The number of nitrogens with one attached hydrogen (secondary N) is 3. The third-order valence-electron chi connectivity index (χ3n) is 5.12. The lowest BCUT2D eigenvalue weighted by Crippen LogP contribution is -2.41. The van der Waals surface area contributed by atoms with Crippen molar-refractivity contribution < 1.29 is 9.59 Å². The second-order valence-corrected chi connectivity index (χ2v) is 6.91. The van der Waals surface area contributed by atoms with Crippen LogP contribution in [0.2, 0.25) is 0 Å². The fraction of sp³-hybridized carbons (Fsp3) is 0.500. The van der Waals surface area contributed by atoms with Crippen LogP contribution in [0.4, 0.5) is 0 Å². The van der Waals surface area contributed by atoms with E-state index in [0.29, 0.717) is 25.4 Å². The zero-order valence-corrected chi connectivity index (χ0v) is 14.6. The van der Waals surface area contributed by atoms with Crippen molar-refractivity contribution in [2.45, 2.75) is 44.9 Å². The Labute approximate surface area is 148 Å². The minimum atomic E-state index is -0.538. The van der Waals surface area contributed by atoms with Gasteiger partial charge in [-0.2, -0.15) is 0 Å². The van der Waals surface area contributed by atoms with Crippen molar-refractivity contribution in [1.82, 2.24) is 15.6 Å². The first-order valence-electron chi connectivity index (χ1n) is 9.35. The molecular formula is C20H27N3O2. The fourth-order valence-corrected chi connectivity index (χ4v) is 3.68. The Hall–Kier alpha value is -2.30. The Bertz CT molecular complexity index is 717. The number of para-hydroxylation sites is 1. The minimum Gasteiger partial charge on any atom is -0.361 e. The number of aromatic nitrogens is 1. The number of amides is 2. The molecule has 5 heteroatoms. The van der Waals surface area contributed by atoms with Gasteiger partial charge in [0, 0.05) is 30.2 Å². The molecule has 0 unspecified atom stereocenters. The molecule has 0 radical (unpaired) electrons. The summed E-state index contributed by atoms with van der Waals surface area (Å²) < 4.78 is 0. The normalized spacial score (nSPS) is 15.2. The first-order valence-corrected chi connectivity index (χ1v) is 9.35. The van der Waals surface area contributed by atoms with Crippen LogP contribution in [0.25, 0.3) is 10.9 Å². The molecule has 0 spiro atoms. The average Bonchev–Trinajstić information content (AvgIpc) is 3.06. The first-order chi connectivity index (χ1) is 12.2. The van der Waals surface area contributed by atoms with Gasteiger partial charge in [0.05, 0.1) is 0 Å². The fourth-order valence-electron chi connectivity index (χ4n) is 3.68. The standard InChI is InChI=1S/C20H27N3O2/c24-19(21-12-10-15-6-2-1-3-7-15)20(25)22-13-11-16-14-23-18-9-5-4-8-17(16)18/h4-5,8-9,14-15,23H,1-3,6-7,10-13H2,(H,21,24)(H,22,25). The molecule has 134 valence electrons. The van der Waals surface area contributed by atoms with Gasteiger partial charge in [-0.05, 0) is 30.4 Å². The smallest absolute Gasteiger partial charge is 0.309 e. The lowest BCUT2D eigenvalue weighted by molar-refractivity contribution is -0.139. The summed E-state index contributed by atoms with van der Waals surface area (Å²) in [7, 11) is 0. The number of carbonyl (C=O) groups is 2. The van der Waals surface area contributed by atoms with Crippen LogP contribution >= 0.6 is 0 Å². The highest BCUT2D eigenvalue weighted by molar-refractivity contribution is 6.35. The van der Waals surface area contributed by atoms with Gasteiger partial charge in [0.2, 0.25) is 0 Å². The van der Waals surface area contributed by atoms with E-state index in [0.717, 1.165) is 22.9 Å². The highest BCUT2D eigenvalue weighted by Crippen LogP contribution is 2.25. The molecule has 5 nitrogen and oxygen atoms in total. The van der Waals surface area contributed by atoms with Crippen LogP contribution in [0.5, 0.6) is 0 Å². The Balaban J connectivity index is 1.36. The van der Waals surface area contributed by atoms with E-state index in [1.165, 1.54) is 32.1 Å². The zero-order valence-electron chi connectivity index (χ0n) is 14.6. The molecule has 1 aliphatic carbocycles. The molecule has 1 saturated carbocycles. The summed E-state index contributed by atoms with van der Waals surface area (Å²) in [6.45, 7) is 1.05. The topological polar surface area (TPSA) is 74.0 Å². The van der Waals surface area contributed by atoms with Crippen LogP contribution < -0.4 is 10.6 Å². The van der Waals surface area contributed by atoms with Gasteiger partial charge < -0.3 is 15.6 Å². The molecule has 1 fully saturated rings. The van der Waals surface area contributed by atoms with Gasteiger partial charge in [0.25, 0.3) is 0 Å². The van der Waals surface area contributed by atoms with Crippen molar-refractivity contribution in [1.29, 1.82) is 0 Å². The van der Waals surface area contributed by atoms with Crippen LogP contribution in [0.15, 0.2) is 30.5 Å². The van der Waals surface area contributed by atoms with Gasteiger partial charge in [-0.15, -0.1) is 0 Å². The Morgan fingerprint density at radius 2 is 1.72 bits per heavy atom. The lowest BCUT2D eigenvalue weighted by atomic mass is 9.87. The maximum atomic E-state index is 11.9. The molecule has 1 aliphatic rings. The third-order valence-corrected chi connectivity index (χ3v) is 5.12. The number of H-pyrrole nitrogens is 1. The quantitative estimate of drug-likeness (QED) is 0.707. The second-order valence-electron chi connectivity index (χ2n) is 6.91. The third kappa shape index (κ3) is 4.84. The number of aromatic amines is 1. The van der Waals surface area contributed by atoms with Crippen molar-refractivity contribution in [3.8, 4) is 0 Å².